The molecule has 0 saturated heterocycles. The monoisotopic (exact) mass is 314 g/mol. The zero-order chi connectivity index (χ0) is 15.3. The molecule has 0 fully saturated rings. The van der Waals surface area contributed by atoms with Gasteiger partial charge in [-0.15, -0.1) is 12.4 Å². The molecule has 1 aromatic carbocycles. The lowest BCUT2D eigenvalue weighted by atomic mass is 10.0. The molecule has 1 rings (SSSR count). The molecule has 0 heterocycles. The second kappa shape index (κ2) is 8.90. The largest absolute Gasteiger partial charge is 0.496 e. The van der Waals surface area contributed by atoms with Gasteiger partial charge in [0.1, 0.15) is 5.75 Å². The van der Waals surface area contributed by atoms with Crippen LogP contribution in [-0.4, -0.2) is 38.6 Å². The molecule has 0 saturated carbocycles. The third kappa shape index (κ3) is 5.21. The fraction of sp³-hybridized carbons (Fsp3) is 0.562. The summed E-state index contributed by atoms with van der Waals surface area (Å²) in [4.78, 5) is 14.0. The fourth-order valence-corrected chi connectivity index (χ4v) is 2.57. The molecule has 21 heavy (non-hydrogen) atoms. The first kappa shape index (κ1) is 19.7. The highest BCUT2D eigenvalue weighted by Gasteiger charge is 2.17. The SMILES string of the molecule is CNCC(C)C(=O)N(C)Cc1cc(C)c(OC)c(C)c1.Cl. The van der Waals surface area contributed by atoms with Crippen LogP contribution in [0.4, 0.5) is 0 Å². The van der Waals surface area contributed by atoms with Gasteiger partial charge in [0.15, 0.2) is 0 Å². The van der Waals surface area contributed by atoms with E-state index in [1.54, 1.807) is 12.0 Å². The van der Waals surface area contributed by atoms with Crippen molar-refractivity contribution in [3.05, 3.63) is 28.8 Å². The van der Waals surface area contributed by atoms with E-state index in [1.807, 2.05) is 34.9 Å². The van der Waals surface area contributed by atoms with Gasteiger partial charge in [-0.05, 0) is 37.6 Å². The number of rotatable bonds is 6. The van der Waals surface area contributed by atoms with Gasteiger partial charge in [-0.3, -0.25) is 4.79 Å². The molecule has 1 N–H and O–H groups in total. The Morgan fingerprint density at radius 1 is 1.33 bits per heavy atom. The van der Waals surface area contributed by atoms with Gasteiger partial charge in [0.05, 0.1) is 7.11 Å². The number of hydrogen-bond acceptors (Lipinski definition) is 3. The maximum absolute atomic E-state index is 12.2. The molecule has 4 nitrogen and oxygen atoms in total. The van der Waals surface area contributed by atoms with Crippen LogP contribution in [0.15, 0.2) is 12.1 Å². The van der Waals surface area contributed by atoms with E-state index in [4.69, 9.17) is 4.74 Å². The van der Waals surface area contributed by atoms with Crippen molar-refractivity contribution < 1.29 is 9.53 Å². The molecule has 5 heteroatoms. The Morgan fingerprint density at radius 2 is 1.86 bits per heavy atom. The lowest BCUT2D eigenvalue weighted by Crippen LogP contribution is -2.35. The number of nitrogens with one attached hydrogen (secondary N) is 1. The first-order chi connectivity index (χ1) is 9.40. The van der Waals surface area contributed by atoms with Gasteiger partial charge in [0, 0.05) is 26.1 Å². The second-order valence-corrected chi connectivity index (χ2v) is 5.42. The quantitative estimate of drug-likeness (QED) is 0.877. The number of hydrogen-bond donors (Lipinski definition) is 1. The van der Waals surface area contributed by atoms with Crippen LogP contribution in [0.25, 0.3) is 0 Å². The molecule has 1 aromatic rings. The van der Waals surface area contributed by atoms with Gasteiger partial charge in [-0.2, -0.15) is 0 Å². The van der Waals surface area contributed by atoms with E-state index < -0.39 is 0 Å². The van der Waals surface area contributed by atoms with Crippen molar-refractivity contribution in [2.45, 2.75) is 27.3 Å². The average Bonchev–Trinajstić information content (AvgIpc) is 2.37. The lowest BCUT2D eigenvalue weighted by Gasteiger charge is -2.22. The molecule has 0 radical (unpaired) electrons. The van der Waals surface area contributed by atoms with Gasteiger partial charge in [-0.25, -0.2) is 0 Å². The Labute approximate surface area is 134 Å². The smallest absolute Gasteiger partial charge is 0.226 e. The summed E-state index contributed by atoms with van der Waals surface area (Å²) >= 11 is 0. The van der Waals surface area contributed by atoms with Crippen LogP contribution < -0.4 is 10.1 Å². The topological polar surface area (TPSA) is 41.6 Å². The first-order valence-electron chi connectivity index (χ1n) is 6.94. The van der Waals surface area contributed by atoms with Crippen LogP contribution in [0.3, 0.4) is 0 Å². The predicted molar refractivity (Wildman–Crippen MR) is 89.3 cm³/mol. The number of ether oxygens (including phenoxy) is 1. The summed E-state index contributed by atoms with van der Waals surface area (Å²) in [6.07, 6.45) is 0. The number of halogens is 1. The van der Waals surface area contributed by atoms with E-state index in [2.05, 4.69) is 17.4 Å². The van der Waals surface area contributed by atoms with Crippen molar-refractivity contribution in [2.24, 2.45) is 5.92 Å². The van der Waals surface area contributed by atoms with Crippen molar-refractivity contribution in [1.29, 1.82) is 0 Å². The summed E-state index contributed by atoms with van der Waals surface area (Å²) in [7, 11) is 5.40. The van der Waals surface area contributed by atoms with Crippen LogP contribution in [-0.2, 0) is 11.3 Å². The van der Waals surface area contributed by atoms with E-state index in [9.17, 15) is 4.79 Å². The summed E-state index contributed by atoms with van der Waals surface area (Å²) in [6.45, 7) is 7.32. The second-order valence-electron chi connectivity index (χ2n) is 5.42. The molecule has 0 aliphatic carbocycles. The molecular weight excluding hydrogens is 288 g/mol. The van der Waals surface area contributed by atoms with Crippen molar-refractivity contribution in [3.63, 3.8) is 0 Å². The first-order valence-corrected chi connectivity index (χ1v) is 6.94. The normalized spacial score (nSPS) is 11.5. The Balaban J connectivity index is 0.00000400. The third-order valence-corrected chi connectivity index (χ3v) is 3.45. The van der Waals surface area contributed by atoms with Crippen molar-refractivity contribution in [3.8, 4) is 5.75 Å². The number of amides is 1. The molecular formula is C16H27ClN2O2. The van der Waals surface area contributed by atoms with Gasteiger partial charge in [0.2, 0.25) is 5.91 Å². The summed E-state index contributed by atoms with van der Waals surface area (Å²) in [5.41, 5.74) is 3.34. The van der Waals surface area contributed by atoms with E-state index >= 15 is 0 Å². The molecule has 1 unspecified atom stereocenters. The van der Waals surface area contributed by atoms with Crippen molar-refractivity contribution >= 4 is 18.3 Å². The van der Waals surface area contributed by atoms with Crippen LogP contribution >= 0.6 is 12.4 Å². The minimum Gasteiger partial charge on any atom is -0.496 e. The molecule has 0 bridgehead atoms. The molecule has 120 valence electrons. The molecule has 1 atom stereocenters. The number of nitrogens with zero attached hydrogens (tertiary/aromatic N) is 1. The molecule has 1 amide bonds. The Kier molecular flexibility index (Phi) is 8.37. The third-order valence-electron chi connectivity index (χ3n) is 3.45. The van der Waals surface area contributed by atoms with E-state index in [-0.39, 0.29) is 24.2 Å². The van der Waals surface area contributed by atoms with Gasteiger partial charge in [0.25, 0.3) is 0 Å². The molecule has 0 aliphatic heterocycles. The van der Waals surface area contributed by atoms with Crippen LogP contribution in [0, 0.1) is 19.8 Å². The number of benzene rings is 1. The number of methoxy groups -OCH3 is 1. The van der Waals surface area contributed by atoms with Gasteiger partial charge in [-0.1, -0.05) is 19.1 Å². The van der Waals surface area contributed by atoms with Crippen molar-refractivity contribution in [1.82, 2.24) is 10.2 Å². The van der Waals surface area contributed by atoms with Crippen LogP contribution in [0.5, 0.6) is 5.75 Å². The highest BCUT2D eigenvalue weighted by atomic mass is 35.5. The number of carbonyl (C=O) groups excluding carboxylic acids is 1. The lowest BCUT2D eigenvalue weighted by molar-refractivity contribution is -0.134. The number of carbonyl (C=O) groups is 1. The van der Waals surface area contributed by atoms with Crippen LogP contribution in [0.1, 0.15) is 23.6 Å². The van der Waals surface area contributed by atoms with Crippen molar-refractivity contribution in [2.75, 3.05) is 27.7 Å². The summed E-state index contributed by atoms with van der Waals surface area (Å²) in [5, 5.41) is 3.04. The van der Waals surface area contributed by atoms with E-state index in [0.717, 1.165) is 22.4 Å². The molecule has 0 aliphatic rings. The Bertz CT molecular complexity index is 454. The summed E-state index contributed by atoms with van der Waals surface area (Å²) in [6, 6.07) is 4.16. The molecule has 0 aromatic heterocycles. The average molecular weight is 315 g/mol. The maximum Gasteiger partial charge on any atom is 0.226 e. The fourth-order valence-electron chi connectivity index (χ4n) is 2.57. The van der Waals surface area contributed by atoms with E-state index in [0.29, 0.717) is 13.1 Å². The maximum atomic E-state index is 12.2. The minimum absolute atomic E-state index is 0. The van der Waals surface area contributed by atoms with E-state index in [1.165, 1.54) is 0 Å². The highest BCUT2D eigenvalue weighted by molar-refractivity contribution is 5.85. The van der Waals surface area contributed by atoms with Crippen LogP contribution in [0.2, 0.25) is 0 Å². The zero-order valence-corrected chi connectivity index (χ0v) is 14.6. The van der Waals surface area contributed by atoms with Gasteiger partial charge < -0.3 is 15.0 Å². The summed E-state index contributed by atoms with van der Waals surface area (Å²) in [5.74, 6) is 1.07. The zero-order valence-electron chi connectivity index (χ0n) is 13.8. The Hall–Kier alpha value is -1.26. The predicted octanol–water partition coefficient (Wildman–Crippen LogP) is 2.55. The van der Waals surface area contributed by atoms with Gasteiger partial charge >= 0.3 is 0 Å². The summed E-state index contributed by atoms with van der Waals surface area (Å²) < 4.78 is 5.36. The standard InChI is InChI=1S/C16H26N2O2.ClH/c1-11-7-14(8-12(2)15(11)20-6)10-18(5)16(19)13(3)9-17-4;/h7-8,13,17H,9-10H2,1-6H3;1H. The minimum atomic E-state index is -0.00885. The Morgan fingerprint density at radius 3 is 2.29 bits per heavy atom. The molecule has 0 spiro atoms. The highest BCUT2D eigenvalue weighted by Crippen LogP contribution is 2.24. The number of aryl methyl sites for hydroxylation is 2.